The standard InChI is InChI=1S/C11H15BrN4O2/c12-8-4-15-16(6-7-2-1-3-7)11(18)10(8)14-5-9(13)17/h4,7,14H,1-3,5-6H2,(H2,13,17). The minimum absolute atomic E-state index is 0.0682. The maximum absolute atomic E-state index is 12.1. The lowest BCUT2D eigenvalue weighted by molar-refractivity contribution is -0.116. The number of nitrogens with one attached hydrogen (secondary N) is 1. The molecule has 0 atom stereocenters. The van der Waals surface area contributed by atoms with Crippen LogP contribution < -0.4 is 16.6 Å². The summed E-state index contributed by atoms with van der Waals surface area (Å²) in [6, 6.07) is 0. The Labute approximate surface area is 113 Å². The van der Waals surface area contributed by atoms with Crippen LogP contribution in [0.2, 0.25) is 0 Å². The number of carbonyl (C=O) groups excluding carboxylic acids is 1. The van der Waals surface area contributed by atoms with Crippen molar-refractivity contribution < 1.29 is 4.79 Å². The molecule has 0 unspecified atom stereocenters. The lowest BCUT2D eigenvalue weighted by Gasteiger charge is -2.25. The van der Waals surface area contributed by atoms with E-state index in [0.717, 1.165) is 12.8 Å². The zero-order chi connectivity index (χ0) is 13.1. The van der Waals surface area contributed by atoms with Crippen molar-refractivity contribution in [3.05, 3.63) is 21.0 Å². The molecule has 98 valence electrons. The van der Waals surface area contributed by atoms with E-state index in [4.69, 9.17) is 5.73 Å². The first-order valence-electron chi connectivity index (χ1n) is 5.85. The molecule has 1 aromatic heterocycles. The smallest absolute Gasteiger partial charge is 0.291 e. The molecule has 0 aliphatic heterocycles. The van der Waals surface area contributed by atoms with Gasteiger partial charge in [-0.1, -0.05) is 6.42 Å². The normalized spacial score (nSPS) is 15.2. The Morgan fingerprint density at radius 3 is 2.89 bits per heavy atom. The maximum atomic E-state index is 12.1. The summed E-state index contributed by atoms with van der Waals surface area (Å²) >= 11 is 3.24. The van der Waals surface area contributed by atoms with Gasteiger partial charge in [-0.15, -0.1) is 0 Å². The van der Waals surface area contributed by atoms with Crippen LogP contribution in [0.5, 0.6) is 0 Å². The number of primary amides is 1. The van der Waals surface area contributed by atoms with Gasteiger partial charge in [-0.05, 0) is 34.7 Å². The highest BCUT2D eigenvalue weighted by atomic mass is 79.9. The molecule has 0 bridgehead atoms. The van der Waals surface area contributed by atoms with E-state index in [-0.39, 0.29) is 12.1 Å². The lowest BCUT2D eigenvalue weighted by atomic mass is 9.85. The second-order valence-corrected chi connectivity index (χ2v) is 5.33. The van der Waals surface area contributed by atoms with Gasteiger partial charge in [0.1, 0.15) is 5.69 Å². The van der Waals surface area contributed by atoms with Crippen LogP contribution >= 0.6 is 15.9 Å². The Bertz CT molecular complexity index is 510. The monoisotopic (exact) mass is 314 g/mol. The van der Waals surface area contributed by atoms with Gasteiger partial charge in [0, 0.05) is 6.54 Å². The fraction of sp³-hybridized carbons (Fsp3) is 0.545. The molecular formula is C11H15BrN4O2. The number of nitrogens with two attached hydrogens (primary N) is 1. The number of carbonyl (C=O) groups is 1. The Hall–Kier alpha value is -1.37. The molecular weight excluding hydrogens is 300 g/mol. The number of rotatable bonds is 5. The van der Waals surface area contributed by atoms with Gasteiger partial charge in [-0.2, -0.15) is 5.10 Å². The third-order valence-corrected chi connectivity index (χ3v) is 3.69. The molecule has 1 aromatic rings. The highest BCUT2D eigenvalue weighted by molar-refractivity contribution is 9.10. The van der Waals surface area contributed by atoms with Gasteiger partial charge in [0.25, 0.3) is 5.56 Å². The predicted molar refractivity (Wildman–Crippen MR) is 71.2 cm³/mol. The average Bonchev–Trinajstić information content (AvgIpc) is 2.25. The maximum Gasteiger partial charge on any atom is 0.291 e. The van der Waals surface area contributed by atoms with Gasteiger partial charge >= 0.3 is 0 Å². The zero-order valence-corrected chi connectivity index (χ0v) is 11.4. The summed E-state index contributed by atoms with van der Waals surface area (Å²) in [5.74, 6) is 0.0315. The molecule has 1 heterocycles. The lowest BCUT2D eigenvalue weighted by Crippen LogP contribution is -2.32. The number of aromatic nitrogens is 2. The van der Waals surface area contributed by atoms with Crippen LogP contribution in [-0.2, 0) is 11.3 Å². The van der Waals surface area contributed by atoms with E-state index in [1.807, 2.05) is 0 Å². The van der Waals surface area contributed by atoms with Gasteiger partial charge in [0.15, 0.2) is 0 Å². The molecule has 7 heteroatoms. The zero-order valence-electron chi connectivity index (χ0n) is 9.86. The van der Waals surface area contributed by atoms with Crippen molar-refractivity contribution in [2.45, 2.75) is 25.8 Å². The first kappa shape index (κ1) is 13.1. The van der Waals surface area contributed by atoms with Crippen LogP contribution in [0, 0.1) is 5.92 Å². The molecule has 0 radical (unpaired) electrons. The molecule has 1 fully saturated rings. The highest BCUT2D eigenvalue weighted by Gasteiger charge is 2.20. The molecule has 1 amide bonds. The van der Waals surface area contributed by atoms with Crippen molar-refractivity contribution in [2.24, 2.45) is 11.7 Å². The van der Waals surface area contributed by atoms with Crippen molar-refractivity contribution in [1.29, 1.82) is 0 Å². The van der Waals surface area contributed by atoms with E-state index in [2.05, 4.69) is 26.3 Å². The van der Waals surface area contributed by atoms with Crippen LogP contribution in [0.1, 0.15) is 19.3 Å². The summed E-state index contributed by atoms with van der Waals surface area (Å²) in [6.07, 6.45) is 5.08. The van der Waals surface area contributed by atoms with Crippen LogP contribution in [0.15, 0.2) is 15.5 Å². The third kappa shape index (κ3) is 2.90. The Morgan fingerprint density at radius 1 is 1.61 bits per heavy atom. The quantitative estimate of drug-likeness (QED) is 0.837. The Morgan fingerprint density at radius 2 is 2.33 bits per heavy atom. The molecule has 0 aromatic carbocycles. The van der Waals surface area contributed by atoms with Crippen molar-refractivity contribution >= 4 is 27.5 Å². The fourth-order valence-electron chi connectivity index (χ4n) is 1.85. The van der Waals surface area contributed by atoms with Crippen LogP contribution in [0.25, 0.3) is 0 Å². The van der Waals surface area contributed by atoms with Crippen molar-refractivity contribution in [2.75, 3.05) is 11.9 Å². The number of halogens is 1. The molecule has 0 spiro atoms. The Kier molecular flexibility index (Phi) is 4.00. The Balaban J connectivity index is 2.18. The van der Waals surface area contributed by atoms with E-state index in [0.29, 0.717) is 22.6 Å². The van der Waals surface area contributed by atoms with Crippen LogP contribution in [0.4, 0.5) is 5.69 Å². The van der Waals surface area contributed by atoms with E-state index < -0.39 is 5.91 Å². The molecule has 2 rings (SSSR count). The number of hydrogen-bond acceptors (Lipinski definition) is 4. The van der Waals surface area contributed by atoms with Crippen LogP contribution in [-0.4, -0.2) is 22.2 Å². The summed E-state index contributed by atoms with van der Waals surface area (Å²) in [5.41, 5.74) is 5.16. The molecule has 6 nitrogen and oxygen atoms in total. The van der Waals surface area contributed by atoms with Crippen LogP contribution in [0.3, 0.4) is 0 Å². The van der Waals surface area contributed by atoms with Crippen molar-refractivity contribution in [1.82, 2.24) is 9.78 Å². The number of anilines is 1. The number of hydrogen-bond donors (Lipinski definition) is 2. The first-order valence-corrected chi connectivity index (χ1v) is 6.65. The molecule has 1 saturated carbocycles. The van der Waals surface area contributed by atoms with Crippen molar-refractivity contribution in [3.8, 4) is 0 Å². The summed E-state index contributed by atoms with van der Waals surface area (Å²) in [7, 11) is 0. The average molecular weight is 315 g/mol. The molecule has 0 saturated heterocycles. The second-order valence-electron chi connectivity index (χ2n) is 4.47. The van der Waals surface area contributed by atoms with Crippen molar-refractivity contribution in [3.63, 3.8) is 0 Å². The number of amides is 1. The molecule has 1 aliphatic rings. The largest absolute Gasteiger partial charge is 0.371 e. The van der Waals surface area contributed by atoms with Gasteiger partial charge < -0.3 is 11.1 Å². The predicted octanol–water partition coefficient (Wildman–Crippen LogP) is 0.703. The molecule has 3 N–H and O–H groups in total. The molecule has 18 heavy (non-hydrogen) atoms. The van der Waals surface area contributed by atoms with E-state index in [9.17, 15) is 9.59 Å². The summed E-state index contributed by atoms with van der Waals surface area (Å²) in [4.78, 5) is 22.9. The highest BCUT2D eigenvalue weighted by Crippen LogP contribution is 2.27. The fourth-order valence-corrected chi connectivity index (χ4v) is 2.26. The SMILES string of the molecule is NC(=O)CNc1c(Br)cnn(CC2CCC2)c1=O. The van der Waals surface area contributed by atoms with E-state index in [1.54, 1.807) is 6.20 Å². The summed E-state index contributed by atoms with van der Waals surface area (Å²) in [6.45, 7) is 0.568. The summed E-state index contributed by atoms with van der Waals surface area (Å²) in [5, 5.41) is 6.82. The minimum Gasteiger partial charge on any atom is -0.371 e. The van der Waals surface area contributed by atoms with Gasteiger partial charge in [-0.3, -0.25) is 9.59 Å². The van der Waals surface area contributed by atoms with E-state index >= 15 is 0 Å². The second kappa shape index (κ2) is 5.51. The minimum atomic E-state index is -0.511. The molecule has 1 aliphatic carbocycles. The van der Waals surface area contributed by atoms with Gasteiger partial charge in [0.05, 0.1) is 17.2 Å². The first-order chi connectivity index (χ1) is 8.58. The number of nitrogens with zero attached hydrogens (tertiary/aromatic N) is 2. The van der Waals surface area contributed by atoms with E-state index in [1.165, 1.54) is 11.1 Å². The summed E-state index contributed by atoms with van der Waals surface area (Å²) < 4.78 is 1.98. The van der Waals surface area contributed by atoms with Gasteiger partial charge in [-0.25, -0.2) is 4.68 Å². The third-order valence-electron chi connectivity index (χ3n) is 3.09. The topological polar surface area (TPSA) is 90.0 Å². The van der Waals surface area contributed by atoms with Gasteiger partial charge in [0.2, 0.25) is 5.91 Å².